The number of halogens is 1. The third-order valence-corrected chi connectivity index (χ3v) is 2.76. The van der Waals surface area contributed by atoms with Crippen LogP contribution in [0.3, 0.4) is 0 Å². The molecule has 0 bridgehead atoms. The minimum Gasteiger partial charge on any atom is -0.416 e. The molecule has 0 amide bonds. The molecule has 0 radical (unpaired) electrons. The maximum Gasteiger partial charge on any atom is 0.251 e. The summed E-state index contributed by atoms with van der Waals surface area (Å²) in [5.74, 6) is 0.467. The van der Waals surface area contributed by atoms with Gasteiger partial charge in [-0.1, -0.05) is 0 Å². The van der Waals surface area contributed by atoms with E-state index in [0.717, 1.165) is 11.3 Å². The van der Waals surface area contributed by atoms with Gasteiger partial charge >= 0.3 is 0 Å². The molecule has 0 N–H and O–H groups in total. The molecule has 0 atom stereocenters. The first-order chi connectivity index (χ1) is 9.13. The topological polar surface area (TPSA) is 56.7 Å². The van der Waals surface area contributed by atoms with E-state index < -0.39 is 0 Å². The van der Waals surface area contributed by atoms with Crippen LogP contribution in [0, 0.1) is 12.7 Å². The van der Waals surface area contributed by atoms with Crippen molar-refractivity contribution in [2.24, 2.45) is 7.05 Å². The van der Waals surface area contributed by atoms with Crippen molar-refractivity contribution in [3.63, 3.8) is 0 Å². The lowest BCUT2D eigenvalue weighted by Gasteiger charge is -1.93. The van der Waals surface area contributed by atoms with Gasteiger partial charge in [0.2, 0.25) is 5.89 Å². The van der Waals surface area contributed by atoms with E-state index in [-0.39, 0.29) is 5.82 Å². The van der Waals surface area contributed by atoms with E-state index in [9.17, 15) is 4.39 Å². The first kappa shape index (κ1) is 11.6. The van der Waals surface area contributed by atoms with E-state index in [1.54, 1.807) is 16.8 Å². The molecule has 2 aromatic heterocycles. The molecule has 1 aromatic carbocycles. The first-order valence-electron chi connectivity index (χ1n) is 5.73. The molecule has 6 heteroatoms. The summed E-state index contributed by atoms with van der Waals surface area (Å²) in [5, 5.41) is 12.2. The van der Waals surface area contributed by atoms with E-state index in [1.807, 2.05) is 20.2 Å². The van der Waals surface area contributed by atoms with E-state index in [1.165, 1.54) is 12.1 Å². The molecule has 0 saturated heterocycles. The van der Waals surface area contributed by atoms with E-state index in [0.29, 0.717) is 17.3 Å². The first-order valence-corrected chi connectivity index (χ1v) is 5.73. The molecule has 0 aliphatic carbocycles. The van der Waals surface area contributed by atoms with Crippen LogP contribution < -0.4 is 0 Å². The number of hydrogen-bond donors (Lipinski definition) is 0. The second kappa shape index (κ2) is 4.31. The molecular formula is C13H11FN4O. The number of nitrogens with zero attached hydrogens (tertiary/aromatic N) is 4. The summed E-state index contributed by atoms with van der Waals surface area (Å²) < 4.78 is 20.1. The van der Waals surface area contributed by atoms with Crippen molar-refractivity contribution in [2.75, 3.05) is 0 Å². The van der Waals surface area contributed by atoms with Gasteiger partial charge in [-0.25, -0.2) is 4.39 Å². The quantitative estimate of drug-likeness (QED) is 0.709. The van der Waals surface area contributed by atoms with Gasteiger partial charge in [0.25, 0.3) is 5.89 Å². The largest absolute Gasteiger partial charge is 0.416 e. The highest BCUT2D eigenvalue weighted by Gasteiger charge is 2.14. The number of benzene rings is 1. The van der Waals surface area contributed by atoms with Crippen LogP contribution in [0.2, 0.25) is 0 Å². The van der Waals surface area contributed by atoms with E-state index in [2.05, 4.69) is 15.3 Å². The summed E-state index contributed by atoms with van der Waals surface area (Å²) in [5.41, 5.74) is 2.29. The predicted octanol–water partition coefficient (Wildman–Crippen LogP) is 2.58. The zero-order chi connectivity index (χ0) is 13.4. The molecule has 3 rings (SSSR count). The monoisotopic (exact) mass is 258 g/mol. The molecule has 96 valence electrons. The van der Waals surface area contributed by atoms with Crippen molar-refractivity contribution in [3.8, 4) is 22.9 Å². The fourth-order valence-corrected chi connectivity index (χ4v) is 1.85. The second-order valence-electron chi connectivity index (χ2n) is 4.22. The molecule has 0 unspecified atom stereocenters. The normalized spacial score (nSPS) is 10.9. The van der Waals surface area contributed by atoms with Gasteiger partial charge in [-0.2, -0.15) is 5.10 Å². The Hall–Kier alpha value is -2.50. The molecule has 0 saturated carbocycles. The van der Waals surface area contributed by atoms with Crippen molar-refractivity contribution in [2.45, 2.75) is 6.92 Å². The molecular weight excluding hydrogens is 247 g/mol. The number of rotatable bonds is 2. The summed E-state index contributed by atoms with van der Waals surface area (Å²) in [6, 6.07) is 5.91. The predicted molar refractivity (Wildman–Crippen MR) is 66.6 cm³/mol. The summed E-state index contributed by atoms with van der Waals surface area (Å²) in [6.45, 7) is 1.87. The molecule has 5 nitrogen and oxygen atoms in total. The maximum absolute atomic E-state index is 12.9. The van der Waals surface area contributed by atoms with Crippen LogP contribution in [-0.4, -0.2) is 20.0 Å². The van der Waals surface area contributed by atoms with Crippen LogP contribution >= 0.6 is 0 Å². The average molecular weight is 258 g/mol. The molecule has 0 aliphatic rings. The van der Waals surface area contributed by atoms with Gasteiger partial charge in [-0.05, 0) is 31.2 Å². The molecule has 0 spiro atoms. The van der Waals surface area contributed by atoms with Crippen molar-refractivity contribution in [3.05, 3.63) is 42.0 Å². The summed E-state index contributed by atoms with van der Waals surface area (Å²) in [6.07, 6.45) is 1.82. The van der Waals surface area contributed by atoms with Crippen LogP contribution in [0.15, 0.2) is 34.9 Å². The van der Waals surface area contributed by atoms with Crippen molar-refractivity contribution < 1.29 is 8.81 Å². The van der Waals surface area contributed by atoms with Gasteiger partial charge in [0.1, 0.15) is 5.82 Å². The van der Waals surface area contributed by atoms with Gasteiger partial charge in [0, 0.05) is 18.8 Å². The zero-order valence-electron chi connectivity index (χ0n) is 10.5. The van der Waals surface area contributed by atoms with Gasteiger partial charge in [-0.15, -0.1) is 10.2 Å². The Labute approximate surface area is 108 Å². The van der Waals surface area contributed by atoms with Crippen molar-refractivity contribution in [1.29, 1.82) is 0 Å². The van der Waals surface area contributed by atoms with Crippen LogP contribution in [0.1, 0.15) is 5.69 Å². The lowest BCUT2D eigenvalue weighted by atomic mass is 10.2. The number of aromatic nitrogens is 4. The van der Waals surface area contributed by atoms with Gasteiger partial charge in [0.15, 0.2) is 0 Å². The van der Waals surface area contributed by atoms with Gasteiger partial charge < -0.3 is 4.42 Å². The van der Waals surface area contributed by atoms with Gasteiger partial charge in [-0.3, -0.25) is 4.68 Å². The molecule has 0 aliphatic heterocycles. The Morgan fingerprint density at radius 1 is 1.11 bits per heavy atom. The average Bonchev–Trinajstić information content (AvgIpc) is 2.97. The van der Waals surface area contributed by atoms with E-state index in [4.69, 9.17) is 4.42 Å². The summed E-state index contributed by atoms with van der Waals surface area (Å²) in [4.78, 5) is 0. The Kier molecular flexibility index (Phi) is 2.63. The van der Waals surface area contributed by atoms with Crippen molar-refractivity contribution in [1.82, 2.24) is 20.0 Å². The third kappa shape index (κ3) is 2.12. The highest BCUT2D eigenvalue weighted by Crippen LogP contribution is 2.25. The Morgan fingerprint density at radius 2 is 1.79 bits per heavy atom. The summed E-state index contributed by atoms with van der Waals surface area (Å²) >= 11 is 0. The van der Waals surface area contributed by atoms with Gasteiger partial charge in [0.05, 0.1) is 11.3 Å². The van der Waals surface area contributed by atoms with E-state index >= 15 is 0 Å². The minimum atomic E-state index is -0.299. The second-order valence-corrected chi connectivity index (χ2v) is 4.22. The van der Waals surface area contributed by atoms with Crippen LogP contribution in [0.5, 0.6) is 0 Å². The molecule has 2 heterocycles. The van der Waals surface area contributed by atoms with Crippen LogP contribution in [0.25, 0.3) is 22.9 Å². The number of aryl methyl sites for hydroxylation is 2. The molecule has 19 heavy (non-hydrogen) atoms. The lowest BCUT2D eigenvalue weighted by molar-refractivity contribution is 0.583. The molecule has 3 aromatic rings. The molecule has 0 fully saturated rings. The highest BCUT2D eigenvalue weighted by atomic mass is 19.1. The minimum absolute atomic E-state index is 0.299. The fourth-order valence-electron chi connectivity index (χ4n) is 1.85. The third-order valence-electron chi connectivity index (χ3n) is 2.76. The highest BCUT2D eigenvalue weighted by molar-refractivity contribution is 5.58. The summed E-state index contributed by atoms with van der Waals surface area (Å²) in [7, 11) is 1.83. The smallest absolute Gasteiger partial charge is 0.251 e. The zero-order valence-corrected chi connectivity index (χ0v) is 10.5. The lowest BCUT2D eigenvalue weighted by Crippen LogP contribution is -1.86. The van der Waals surface area contributed by atoms with Crippen molar-refractivity contribution >= 4 is 0 Å². The standard InChI is InChI=1S/C13H11FN4O/c1-8-11(7-18(2)17-8)13-16-15-12(19-13)9-3-5-10(14)6-4-9/h3-7H,1-2H3. The Balaban J connectivity index is 1.99. The maximum atomic E-state index is 12.9. The fraction of sp³-hybridized carbons (Fsp3) is 0.154. The SMILES string of the molecule is Cc1nn(C)cc1-c1nnc(-c2ccc(F)cc2)o1. The Bertz CT molecular complexity index is 715. The van der Waals surface area contributed by atoms with Crippen LogP contribution in [-0.2, 0) is 7.05 Å². The number of hydrogen-bond acceptors (Lipinski definition) is 4. The van der Waals surface area contributed by atoms with Crippen LogP contribution in [0.4, 0.5) is 4.39 Å². The Morgan fingerprint density at radius 3 is 2.42 bits per heavy atom.